The summed E-state index contributed by atoms with van der Waals surface area (Å²) in [6.45, 7) is 8.25. The Hall–Kier alpha value is -1.80. The van der Waals surface area contributed by atoms with Crippen LogP contribution in [0.3, 0.4) is 0 Å². The third-order valence-electron chi connectivity index (χ3n) is 3.37. The third kappa shape index (κ3) is 5.24. The Bertz CT molecular complexity index is 519. The lowest BCUT2D eigenvalue weighted by atomic mass is 10.1. The van der Waals surface area contributed by atoms with Crippen LogP contribution in [0.5, 0.6) is 5.75 Å². The van der Waals surface area contributed by atoms with Crippen LogP contribution in [0.4, 0.5) is 0 Å². The lowest BCUT2D eigenvalue weighted by Crippen LogP contribution is -2.30. The molecule has 112 valence electrons. The highest BCUT2D eigenvalue weighted by molar-refractivity contribution is 5.63. The van der Waals surface area contributed by atoms with E-state index in [1.165, 1.54) is 11.1 Å². The zero-order valence-corrected chi connectivity index (χ0v) is 13.2. The molecule has 2 rings (SSSR count). The Labute approximate surface area is 128 Å². The van der Waals surface area contributed by atoms with E-state index in [2.05, 4.69) is 62.5 Å². The van der Waals surface area contributed by atoms with Crippen molar-refractivity contribution in [3.8, 4) is 16.9 Å². The number of rotatable bonds is 7. The minimum absolute atomic E-state index is 0.501. The van der Waals surface area contributed by atoms with Gasteiger partial charge in [-0.3, -0.25) is 0 Å². The molecule has 0 spiro atoms. The molecule has 0 radical (unpaired) electrons. The molecule has 0 fully saturated rings. The van der Waals surface area contributed by atoms with E-state index in [-0.39, 0.29) is 0 Å². The van der Waals surface area contributed by atoms with Gasteiger partial charge in [-0.1, -0.05) is 63.2 Å². The van der Waals surface area contributed by atoms with Gasteiger partial charge in [0.05, 0.1) is 6.61 Å². The highest BCUT2D eigenvalue weighted by Gasteiger charge is 2.04. The zero-order valence-electron chi connectivity index (χ0n) is 13.2. The van der Waals surface area contributed by atoms with E-state index < -0.39 is 0 Å². The van der Waals surface area contributed by atoms with Gasteiger partial charge in [0.25, 0.3) is 0 Å². The number of hydrogen-bond acceptors (Lipinski definition) is 2. The fourth-order valence-corrected chi connectivity index (χ4v) is 2.11. The summed E-state index contributed by atoms with van der Waals surface area (Å²) in [4.78, 5) is 0. The highest BCUT2D eigenvalue weighted by atomic mass is 16.5. The van der Waals surface area contributed by atoms with Gasteiger partial charge in [-0.05, 0) is 23.3 Å². The molecule has 2 aromatic carbocycles. The van der Waals surface area contributed by atoms with Gasteiger partial charge in [0.1, 0.15) is 5.75 Å². The summed E-state index contributed by atoms with van der Waals surface area (Å²) in [5, 5.41) is 3.43. The van der Waals surface area contributed by atoms with Crippen LogP contribution in [0.2, 0.25) is 0 Å². The van der Waals surface area contributed by atoms with Crippen LogP contribution in [0.25, 0.3) is 11.1 Å². The standard InChI is InChI=1S/C19H25NO/c1-15(2)20-13-16(3)14-21-19-11-9-18(10-12-19)17-7-5-4-6-8-17/h4-12,15-16,20H,13-14H2,1-3H3. The monoisotopic (exact) mass is 283 g/mol. The molecule has 0 saturated carbocycles. The minimum Gasteiger partial charge on any atom is -0.493 e. The van der Waals surface area contributed by atoms with Gasteiger partial charge in [0, 0.05) is 18.5 Å². The molecule has 21 heavy (non-hydrogen) atoms. The number of hydrogen-bond donors (Lipinski definition) is 1. The summed E-state index contributed by atoms with van der Waals surface area (Å²) in [6.07, 6.45) is 0. The van der Waals surface area contributed by atoms with E-state index in [1.807, 2.05) is 18.2 Å². The summed E-state index contributed by atoms with van der Waals surface area (Å²) < 4.78 is 5.85. The second-order valence-electron chi connectivity index (χ2n) is 5.87. The van der Waals surface area contributed by atoms with Gasteiger partial charge in [-0.25, -0.2) is 0 Å². The van der Waals surface area contributed by atoms with Gasteiger partial charge in [0.15, 0.2) is 0 Å². The molecule has 1 atom stereocenters. The van der Waals surface area contributed by atoms with Crippen molar-refractivity contribution in [3.05, 3.63) is 54.6 Å². The summed E-state index contributed by atoms with van der Waals surface area (Å²) >= 11 is 0. The molecular weight excluding hydrogens is 258 g/mol. The SMILES string of the molecule is CC(CNC(C)C)COc1ccc(-c2ccccc2)cc1. The molecule has 1 unspecified atom stereocenters. The first kappa shape index (κ1) is 15.6. The Morgan fingerprint density at radius 2 is 1.48 bits per heavy atom. The Balaban J connectivity index is 1.85. The number of benzene rings is 2. The van der Waals surface area contributed by atoms with Crippen molar-refractivity contribution >= 4 is 0 Å². The predicted octanol–water partition coefficient (Wildman–Crippen LogP) is 4.37. The van der Waals surface area contributed by atoms with Crippen LogP contribution in [0.1, 0.15) is 20.8 Å². The van der Waals surface area contributed by atoms with Crippen molar-refractivity contribution < 1.29 is 4.74 Å². The Morgan fingerprint density at radius 3 is 2.10 bits per heavy atom. The maximum absolute atomic E-state index is 5.85. The van der Waals surface area contributed by atoms with Crippen LogP contribution in [-0.4, -0.2) is 19.2 Å². The molecular formula is C19H25NO. The van der Waals surface area contributed by atoms with Gasteiger partial charge in [-0.2, -0.15) is 0 Å². The molecule has 0 aliphatic carbocycles. The topological polar surface area (TPSA) is 21.3 Å². The molecule has 0 aliphatic heterocycles. The van der Waals surface area contributed by atoms with Crippen LogP contribution >= 0.6 is 0 Å². The Morgan fingerprint density at radius 1 is 0.857 bits per heavy atom. The highest BCUT2D eigenvalue weighted by Crippen LogP contribution is 2.22. The van der Waals surface area contributed by atoms with Crippen LogP contribution < -0.4 is 10.1 Å². The van der Waals surface area contributed by atoms with Crippen LogP contribution in [0.15, 0.2) is 54.6 Å². The number of nitrogens with one attached hydrogen (secondary N) is 1. The summed E-state index contributed by atoms with van der Waals surface area (Å²) in [6, 6.07) is 19.2. The van der Waals surface area contributed by atoms with E-state index in [4.69, 9.17) is 4.74 Å². The summed E-state index contributed by atoms with van der Waals surface area (Å²) in [5.74, 6) is 1.44. The second kappa shape index (κ2) is 7.84. The first-order valence-electron chi connectivity index (χ1n) is 7.67. The van der Waals surface area contributed by atoms with Gasteiger partial charge >= 0.3 is 0 Å². The molecule has 2 nitrogen and oxygen atoms in total. The fourth-order valence-electron chi connectivity index (χ4n) is 2.11. The molecule has 0 amide bonds. The van der Waals surface area contributed by atoms with Gasteiger partial charge in [0.2, 0.25) is 0 Å². The van der Waals surface area contributed by atoms with Gasteiger partial charge < -0.3 is 10.1 Å². The van der Waals surface area contributed by atoms with E-state index in [0.29, 0.717) is 12.0 Å². The molecule has 0 saturated heterocycles. The lowest BCUT2D eigenvalue weighted by molar-refractivity contribution is 0.253. The predicted molar refractivity (Wildman–Crippen MR) is 89.7 cm³/mol. The lowest BCUT2D eigenvalue weighted by Gasteiger charge is -2.16. The van der Waals surface area contributed by atoms with Crippen molar-refractivity contribution in [1.82, 2.24) is 5.32 Å². The molecule has 0 heterocycles. The average Bonchev–Trinajstić information content (AvgIpc) is 2.52. The van der Waals surface area contributed by atoms with E-state index in [9.17, 15) is 0 Å². The molecule has 0 aromatic heterocycles. The summed E-state index contributed by atoms with van der Waals surface area (Å²) in [7, 11) is 0. The maximum atomic E-state index is 5.85. The van der Waals surface area contributed by atoms with Crippen molar-refractivity contribution in [1.29, 1.82) is 0 Å². The first-order valence-corrected chi connectivity index (χ1v) is 7.67. The van der Waals surface area contributed by atoms with Crippen LogP contribution in [-0.2, 0) is 0 Å². The summed E-state index contributed by atoms with van der Waals surface area (Å²) in [5.41, 5.74) is 2.45. The van der Waals surface area contributed by atoms with E-state index >= 15 is 0 Å². The van der Waals surface area contributed by atoms with Crippen molar-refractivity contribution in [2.75, 3.05) is 13.2 Å². The van der Waals surface area contributed by atoms with Crippen molar-refractivity contribution in [3.63, 3.8) is 0 Å². The smallest absolute Gasteiger partial charge is 0.119 e. The largest absolute Gasteiger partial charge is 0.493 e. The van der Waals surface area contributed by atoms with E-state index in [1.54, 1.807) is 0 Å². The van der Waals surface area contributed by atoms with E-state index in [0.717, 1.165) is 18.9 Å². The van der Waals surface area contributed by atoms with Crippen LogP contribution in [0, 0.1) is 5.92 Å². The second-order valence-corrected chi connectivity index (χ2v) is 5.87. The molecule has 1 N–H and O–H groups in total. The first-order chi connectivity index (χ1) is 10.1. The normalized spacial score (nSPS) is 12.4. The number of ether oxygens (including phenoxy) is 1. The molecule has 2 aromatic rings. The minimum atomic E-state index is 0.501. The maximum Gasteiger partial charge on any atom is 0.119 e. The average molecular weight is 283 g/mol. The fraction of sp³-hybridized carbons (Fsp3) is 0.368. The van der Waals surface area contributed by atoms with Crippen molar-refractivity contribution in [2.24, 2.45) is 5.92 Å². The van der Waals surface area contributed by atoms with Crippen molar-refractivity contribution in [2.45, 2.75) is 26.8 Å². The Kier molecular flexibility index (Phi) is 5.82. The molecule has 2 heteroatoms. The quantitative estimate of drug-likeness (QED) is 0.815. The third-order valence-corrected chi connectivity index (χ3v) is 3.37. The molecule has 0 bridgehead atoms. The molecule has 0 aliphatic rings. The van der Waals surface area contributed by atoms with Gasteiger partial charge in [-0.15, -0.1) is 0 Å². The zero-order chi connectivity index (χ0) is 15.1.